The Morgan fingerprint density at radius 1 is 1.24 bits per heavy atom. The molecule has 2 rings (SSSR count). The van der Waals surface area contributed by atoms with Gasteiger partial charge in [-0.05, 0) is 18.2 Å². The van der Waals surface area contributed by atoms with E-state index in [0.717, 1.165) is 5.69 Å². The first-order chi connectivity index (χ1) is 8.25. The number of carbonyl (C=O) groups excluding carboxylic acids is 1. The molecular formula is C14H19NO2. The third-order valence-electron chi connectivity index (χ3n) is 2.37. The van der Waals surface area contributed by atoms with Crippen molar-refractivity contribution in [2.45, 2.75) is 20.0 Å². The number of benzene rings is 1. The highest BCUT2D eigenvalue weighted by atomic mass is 16.5. The predicted octanol–water partition coefficient (Wildman–Crippen LogP) is 2.63. The molecule has 1 aromatic carbocycles. The average molecular weight is 233 g/mol. The van der Waals surface area contributed by atoms with Crippen molar-refractivity contribution >= 4 is 11.7 Å². The summed E-state index contributed by atoms with van der Waals surface area (Å²) < 4.78 is 5.06. The lowest BCUT2D eigenvalue weighted by molar-refractivity contribution is -0.138. The molecule has 0 aromatic heterocycles. The summed E-state index contributed by atoms with van der Waals surface area (Å²) in [5, 5.41) is 0. The molecule has 0 aliphatic carbocycles. The third-order valence-corrected chi connectivity index (χ3v) is 2.37. The van der Waals surface area contributed by atoms with Crippen LogP contribution < -0.4 is 4.90 Å². The van der Waals surface area contributed by atoms with Crippen LogP contribution in [-0.2, 0) is 9.53 Å². The van der Waals surface area contributed by atoms with Gasteiger partial charge in [-0.1, -0.05) is 32.0 Å². The number of hydrogen-bond donors (Lipinski definition) is 0. The van der Waals surface area contributed by atoms with E-state index in [1.165, 1.54) is 6.08 Å². The average Bonchev–Trinajstić information content (AvgIpc) is 2.78. The van der Waals surface area contributed by atoms with Crippen LogP contribution in [0.15, 0.2) is 42.5 Å². The van der Waals surface area contributed by atoms with Crippen LogP contribution in [0.3, 0.4) is 0 Å². The second kappa shape index (κ2) is 6.74. The van der Waals surface area contributed by atoms with Gasteiger partial charge in [-0.15, -0.1) is 0 Å². The fraction of sp³-hybridized carbons (Fsp3) is 0.357. The molecule has 0 N–H and O–H groups in total. The maximum Gasteiger partial charge on any atom is 0.331 e. The van der Waals surface area contributed by atoms with Gasteiger partial charge in [0.05, 0.1) is 6.54 Å². The largest absolute Gasteiger partial charge is 0.453 e. The van der Waals surface area contributed by atoms with E-state index in [9.17, 15) is 4.79 Å². The molecule has 0 saturated heterocycles. The third kappa shape index (κ3) is 3.94. The standard InChI is InChI=1S/C12H13NO2.C2H6/c1-13(10-5-3-2-4-6-10)9-11-7-8-12(14)15-11;1-2/h2-8,11H,9H2,1H3;1-2H3. The monoisotopic (exact) mass is 233 g/mol. The SMILES string of the molecule is CC.CN(CC1C=CC(=O)O1)c1ccccc1. The molecular weight excluding hydrogens is 214 g/mol. The summed E-state index contributed by atoms with van der Waals surface area (Å²) in [6, 6.07) is 10.0. The minimum Gasteiger partial charge on any atom is -0.453 e. The van der Waals surface area contributed by atoms with E-state index < -0.39 is 0 Å². The van der Waals surface area contributed by atoms with Crippen molar-refractivity contribution in [3.63, 3.8) is 0 Å². The molecule has 0 bridgehead atoms. The fourth-order valence-electron chi connectivity index (χ4n) is 1.57. The minimum absolute atomic E-state index is 0.122. The Hall–Kier alpha value is -1.77. The van der Waals surface area contributed by atoms with E-state index in [2.05, 4.69) is 4.90 Å². The van der Waals surface area contributed by atoms with Gasteiger partial charge in [0, 0.05) is 18.8 Å². The Labute approximate surface area is 103 Å². The molecule has 92 valence electrons. The summed E-state index contributed by atoms with van der Waals surface area (Å²) in [7, 11) is 1.98. The number of anilines is 1. The van der Waals surface area contributed by atoms with Crippen LogP contribution in [0.4, 0.5) is 5.69 Å². The van der Waals surface area contributed by atoms with Crippen molar-refractivity contribution in [3.05, 3.63) is 42.5 Å². The van der Waals surface area contributed by atoms with Crippen molar-refractivity contribution in [3.8, 4) is 0 Å². The lowest BCUT2D eigenvalue weighted by Gasteiger charge is -2.21. The number of ether oxygens (including phenoxy) is 1. The number of para-hydroxylation sites is 1. The van der Waals surface area contributed by atoms with Crippen LogP contribution in [0.1, 0.15) is 13.8 Å². The molecule has 1 aliphatic rings. The van der Waals surface area contributed by atoms with E-state index in [4.69, 9.17) is 4.74 Å². The van der Waals surface area contributed by atoms with Crippen molar-refractivity contribution < 1.29 is 9.53 Å². The first-order valence-corrected chi connectivity index (χ1v) is 5.91. The van der Waals surface area contributed by atoms with E-state index in [1.807, 2.05) is 51.2 Å². The molecule has 17 heavy (non-hydrogen) atoms. The molecule has 0 radical (unpaired) electrons. The van der Waals surface area contributed by atoms with Crippen molar-refractivity contribution in [1.29, 1.82) is 0 Å². The lowest BCUT2D eigenvalue weighted by atomic mass is 10.2. The summed E-state index contributed by atoms with van der Waals surface area (Å²) in [4.78, 5) is 12.9. The Balaban J connectivity index is 0.000000686. The van der Waals surface area contributed by atoms with Gasteiger partial charge < -0.3 is 9.64 Å². The molecule has 1 heterocycles. The maximum absolute atomic E-state index is 10.8. The number of carbonyl (C=O) groups is 1. The van der Waals surface area contributed by atoms with Crippen LogP contribution in [0, 0.1) is 0 Å². The second-order valence-corrected chi connectivity index (χ2v) is 3.55. The van der Waals surface area contributed by atoms with Crippen LogP contribution in [-0.4, -0.2) is 25.7 Å². The number of hydrogen-bond acceptors (Lipinski definition) is 3. The molecule has 1 atom stereocenters. The fourth-order valence-corrected chi connectivity index (χ4v) is 1.57. The maximum atomic E-state index is 10.8. The van der Waals surface area contributed by atoms with Gasteiger partial charge in [-0.2, -0.15) is 0 Å². The zero-order chi connectivity index (χ0) is 12.7. The Morgan fingerprint density at radius 3 is 2.41 bits per heavy atom. The quantitative estimate of drug-likeness (QED) is 0.752. The van der Waals surface area contributed by atoms with Gasteiger partial charge in [-0.3, -0.25) is 0 Å². The van der Waals surface area contributed by atoms with E-state index in [-0.39, 0.29) is 12.1 Å². The minimum atomic E-state index is -0.249. The summed E-state index contributed by atoms with van der Waals surface area (Å²) in [5.41, 5.74) is 1.12. The number of nitrogens with zero attached hydrogens (tertiary/aromatic N) is 1. The smallest absolute Gasteiger partial charge is 0.331 e. The molecule has 1 unspecified atom stereocenters. The molecule has 3 nitrogen and oxygen atoms in total. The summed E-state index contributed by atoms with van der Waals surface area (Å²) in [5.74, 6) is -0.249. The highest BCUT2D eigenvalue weighted by molar-refractivity contribution is 5.84. The van der Waals surface area contributed by atoms with Crippen molar-refractivity contribution in [1.82, 2.24) is 0 Å². The van der Waals surface area contributed by atoms with E-state index in [1.54, 1.807) is 6.08 Å². The first-order valence-electron chi connectivity index (χ1n) is 5.91. The summed E-state index contributed by atoms with van der Waals surface area (Å²) in [6.07, 6.45) is 3.15. The summed E-state index contributed by atoms with van der Waals surface area (Å²) in [6.45, 7) is 4.69. The first kappa shape index (κ1) is 13.3. The molecule has 0 fully saturated rings. The predicted molar refractivity (Wildman–Crippen MR) is 70.1 cm³/mol. The van der Waals surface area contributed by atoms with Crippen LogP contribution in [0.25, 0.3) is 0 Å². The van der Waals surface area contributed by atoms with Crippen LogP contribution >= 0.6 is 0 Å². The molecule has 1 aliphatic heterocycles. The van der Waals surface area contributed by atoms with Gasteiger partial charge in [0.1, 0.15) is 6.10 Å². The Bertz CT molecular complexity index is 373. The zero-order valence-corrected chi connectivity index (χ0v) is 10.6. The summed E-state index contributed by atoms with van der Waals surface area (Å²) >= 11 is 0. The number of likely N-dealkylation sites (N-methyl/N-ethyl adjacent to an activating group) is 1. The second-order valence-electron chi connectivity index (χ2n) is 3.55. The van der Waals surface area contributed by atoms with Crippen LogP contribution in [0.2, 0.25) is 0 Å². The van der Waals surface area contributed by atoms with E-state index in [0.29, 0.717) is 6.54 Å². The van der Waals surface area contributed by atoms with Gasteiger partial charge in [-0.25, -0.2) is 4.79 Å². The van der Waals surface area contributed by atoms with Gasteiger partial charge in [0.2, 0.25) is 0 Å². The highest BCUT2D eigenvalue weighted by Gasteiger charge is 2.18. The Kier molecular flexibility index (Phi) is 5.27. The van der Waals surface area contributed by atoms with Crippen molar-refractivity contribution in [2.24, 2.45) is 0 Å². The molecule has 1 aromatic rings. The molecule has 0 saturated carbocycles. The number of rotatable bonds is 3. The molecule has 0 spiro atoms. The van der Waals surface area contributed by atoms with E-state index >= 15 is 0 Å². The molecule has 0 amide bonds. The lowest BCUT2D eigenvalue weighted by Crippen LogP contribution is -2.28. The van der Waals surface area contributed by atoms with Crippen molar-refractivity contribution in [2.75, 3.05) is 18.5 Å². The highest BCUT2D eigenvalue weighted by Crippen LogP contribution is 2.14. The zero-order valence-electron chi connectivity index (χ0n) is 10.6. The van der Waals surface area contributed by atoms with Gasteiger partial charge in [0.25, 0.3) is 0 Å². The van der Waals surface area contributed by atoms with Gasteiger partial charge >= 0.3 is 5.97 Å². The number of cyclic esters (lactones) is 1. The number of esters is 1. The van der Waals surface area contributed by atoms with Crippen LogP contribution in [0.5, 0.6) is 0 Å². The van der Waals surface area contributed by atoms with Gasteiger partial charge in [0.15, 0.2) is 0 Å². The molecule has 3 heteroatoms. The topological polar surface area (TPSA) is 29.5 Å². The normalized spacial score (nSPS) is 17.1. The Morgan fingerprint density at radius 2 is 1.88 bits per heavy atom.